The molecule has 1 aromatic carbocycles. The number of nitrogens with zero attached hydrogens (tertiary/aromatic N) is 3. The third-order valence-electron chi connectivity index (χ3n) is 3.88. The van der Waals surface area contributed by atoms with Crippen molar-refractivity contribution in [2.75, 3.05) is 11.4 Å². The van der Waals surface area contributed by atoms with Crippen LogP contribution in [-0.2, 0) is 19.6 Å². The number of hydrogen-bond acceptors (Lipinski definition) is 3. The zero-order chi connectivity index (χ0) is 13.4. The van der Waals surface area contributed by atoms with E-state index in [4.69, 9.17) is 5.73 Å². The quantitative estimate of drug-likeness (QED) is 0.893. The normalized spacial score (nSPS) is 14.6. The van der Waals surface area contributed by atoms with Gasteiger partial charge in [-0.05, 0) is 31.0 Å². The van der Waals surface area contributed by atoms with Gasteiger partial charge in [-0.15, -0.1) is 0 Å². The number of anilines is 1. The minimum absolute atomic E-state index is 0.517. The lowest BCUT2D eigenvalue weighted by molar-refractivity contribution is 0.567. The average Bonchev–Trinajstić information content (AvgIpc) is 2.83. The van der Waals surface area contributed by atoms with Gasteiger partial charge < -0.3 is 15.2 Å². The molecular weight excluding hydrogens is 236 g/mol. The van der Waals surface area contributed by atoms with Crippen LogP contribution in [0, 0.1) is 13.8 Å². The summed E-state index contributed by atoms with van der Waals surface area (Å²) in [6, 6.07) is 6.63. The first-order chi connectivity index (χ1) is 9.19. The van der Waals surface area contributed by atoms with Gasteiger partial charge in [-0.2, -0.15) is 0 Å². The van der Waals surface area contributed by atoms with Crippen molar-refractivity contribution < 1.29 is 0 Å². The highest BCUT2D eigenvalue weighted by atomic mass is 15.2. The van der Waals surface area contributed by atoms with Crippen LogP contribution >= 0.6 is 0 Å². The maximum Gasteiger partial charge on any atom is 0.0953 e. The third kappa shape index (κ3) is 2.12. The summed E-state index contributed by atoms with van der Waals surface area (Å²) in [5.41, 5.74) is 12.0. The van der Waals surface area contributed by atoms with Gasteiger partial charge in [0.05, 0.1) is 24.3 Å². The van der Waals surface area contributed by atoms with Crippen LogP contribution in [0.25, 0.3) is 0 Å². The van der Waals surface area contributed by atoms with E-state index in [0.29, 0.717) is 6.54 Å². The number of imidazole rings is 1. The molecule has 0 atom stereocenters. The van der Waals surface area contributed by atoms with Crippen molar-refractivity contribution in [3.8, 4) is 0 Å². The molecule has 0 unspecified atom stereocenters. The molecule has 0 saturated heterocycles. The molecule has 2 aromatic rings. The van der Waals surface area contributed by atoms with Crippen LogP contribution < -0.4 is 10.6 Å². The average molecular weight is 256 g/mol. The first-order valence-electron chi connectivity index (χ1n) is 6.74. The van der Waals surface area contributed by atoms with Crippen LogP contribution in [0.4, 0.5) is 5.69 Å². The Hall–Kier alpha value is -1.81. The maximum absolute atomic E-state index is 5.76. The number of rotatable bonds is 2. The minimum atomic E-state index is 0.517. The molecule has 4 heteroatoms. The Labute approximate surface area is 113 Å². The number of benzene rings is 1. The van der Waals surface area contributed by atoms with E-state index in [9.17, 15) is 0 Å². The molecule has 4 nitrogen and oxygen atoms in total. The molecule has 2 heterocycles. The fraction of sp³-hybridized carbons (Fsp3) is 0.400. The van der Waals surface area contributed by atoms with E-state index < -0.39 is 0 Å². The van der Waals surface area contributed by atoms with Crippen molar-refractivity contribution in [3.63, 3.8) is 0 Å². The second-order valence-electron chi connectivity index (χ2n) is 5.25. The summed E-state index contributed by atoms with van der Waals surface area (Å²) in [5, 5.41) is 0. The Bertz CT molecular complexity index is 587. The van der Waals surface area contributed by atoms with E-state index in [1.807, 2.05) is 6.33 Å². The molecule has 0 spiro atoms. The smallest absolute Gasteiger partial charge is 0.0953 e. The zero-order valence-corrected chi connectivity index (χ0v) is 11.6. The monoisotopic (exact) mass is 256 g/mol. The Morgan fingerprint density at radius 2 is 2.11 bits per heavy atom. The van der Waals surface area contributed by atoms with Crippen molar-refractivity contribution in [1.29, 1.82) is 0 Å². The number of aromatic nitrogens is 2. The molecular formula is C15H20N4. The van der Waals surface area contributed by atoms with E-state index in [0.717, 1.165) is 25.3 Å². The SMILES string of the molecule is Cc1ccc(C)c(N2CCn3cnc(CN)c3C2)c1. The summed E-state index contributed by atoms with van der Waals surface area (Å²) < 4.78 is 2.23. The van der Waals surface area contributed by atoms with Gasteiger partial charge in [0.2, 0.25) is 0 Å². The van der Waals surface area contributed by atoms with Crippen molar-refractivity contribution in [2.45, 2.75) is 33.5 Å². The first kappa shape index (κ1) is 12.2. The lowest BCUT2D eigenvalue weighted by Crippen LogP contribution is -2.34. The molecule has 1 aliphatic rings. The fourth-order valence-corrected chi connectivity index (χ4v) is 2.75. The predicted molar refractivity (Wildman–Crippen MR) is 77.1 cm³/mol. The maximum atomic E-state index is 5.76. The van der Waals surface area contributed by atoms with E-state index in [1.54, 1.807) is 0 Å². The lowest BCUT2D eigenvalue weighted by Gasteiger charge is -2.32. The number of fused-ring (bicyclic) bond motifs is 1. The van der Waals surface area contributed by atoms with Crippen molar-refractivity contribution in [1.82, 2.24) is 9.55 Å². The molecule has 0 amide bonds. The van der Waals surface area contributed by atoms with Crippen LogP contribution in [0.15, 0.2) is 24.5 Å². The van der Waals surface area contributed by atoms with Crippen LogP contribution in [0.2, 0.25) is 0 Å². The molecule has 0 aliphatic carbocycles. The highest BCUT2D eigenvalue weighted by molar-refractivity contribution is 5.55. The second kappa shape index (κ2) is 4.70. The predicted octanol–water partition coefficient (Wildman–Crippen LogP) is 1.98. The fourth-order valence-electron chi connectivity index (χ4n) is 2.75. The van der Waals surface area contributed by atoms with Crippen LogP contribution in [-0.4, -0.2) is 16.1 Å². The van der Waals surface area contributed by atoms with Crippen molar-refractivity contribution in [3.05, 3.63) is 47.0 Å². The van der Waals surface area contributed by atoms with E-state index in [2.05, 4.69) is 46.5 Å². The Kier molecular flexibility index (Phi) is 3.03. The number of nitrogens with two attached hydrogens (primary N) is 1. The molecule has 1 aromatic heterocycles. The summed E-state index contributed by atoms with van der Waals surface area (Å²) in [6.07, 6.45) is 1.91. The second-order valence-corrected chi connectivity index (χ2v) is 5.25. The van der Waals surface area contributed by atoms with Gasteiger partial charge in [0.25, 0.3) is 0 Å². The van der Waals surface area contributed by atoms with Crippen molar-refractivity contribution >= 4 is 5.69 Å². The summed E-state index contributed by atoms with van der Waals surface area (Å²) in [6.45, 7) is 7.74. The van der Waals surface area contributed by atoms with Gasteiger partial charge in [-0.3, -0.25) is 0 Å². The van der Waals surface area contributed by atoms with Gasteiger partial charge in [0.1, 0.15) is 0 Å². The van der Waals surface area contributed by atoms with E-state index in [-0.39, 0.29) is 0 Å². The van der Waals surface area contributed by atoms with Gasteiger partial charge >= 0.3 is 0 Å². The van der Waals surface area contributed by atoms with Gasteiger partial charge in [0, 0.05) is 25.3 Å². The van der Waals surface area contributed by atoms with Crippen LogP contribution in [0.3, 0.4) is 0 Å². The Balaban J connectivity index is 1.94. The summed E-state index contributed by atoms with van der Waals surface area (Å²) >= 11 is 0. The Morgan fingerprint density at radius 1 is 1.26 bits per heavy atom. The summed E-state index contributed by atoms with van der Waals surface area (Å²) in [7, 11) is 0. The lowest BCUT2D eigenvalue weighted by atomic mass is 10.1. The molecule has 1 aliphatic heterocycles. The molecule has 0 bridgehead atoms. The molecule has 0 radical (unpaired) electrons. The Morgan fingerprint density at radius 3 is 2.89 bits per heavy atom. The third-order valence-corrected chi connectivity index (χ3v) is 3.88. The topological polar surface area (TPSA) is 47.1 Å². The van der Waals surface area contributed by atoms with Gasteiger partial charge in [-0.1, -0.05) is 12.1 Å². The molecule has 0 saturated carbocycles. The van der Waals surface area contributed by atoms with Crippen molar-refractivity contribution in [2.24, 2.45) is 5.73 Å². The van der Waals surface area contributed by atoms with E-state index >= 15 is 0 Å². The highest BCUT2D eigenvalue weighted by Gasteiger charge is 2.20. The zero-order valence-electron chi connectivity index (χ0n) is 11.6. The first-order valence-corrected chi connectivity index (χ1v) is 6.74. The minimum Gasteiger partial charge on any atom is -0.364 e. The summed E-state index contributed by atoms with van der Waals surface area (Å²) in [5.74, 6) is 0. The summed E-state index contributed by atoms with van der Waals surface area (Å²) in [4.78, 5) is 6.82. The standard InChI is InChI=1S/C15H20N4/c1-11-3-4-12(2)14(7-11)18-5-6-19-10-17-13(8-16)15(19)9-18/h3-4,7,10H,5-6,8-9,16H2,1-2H3. The van der Waals surface area contributed by atoms with Gasteiger partial charge in [-0.25, -0.2) is 4.98 Å². The largest absolute Gasteiger partial charge is 0.364 e. The van der Waals surface area contributed by atoms with Crippen LogP contribution in [0.5, 0.6) is 0 Å². The molecule has 100 valence electrons. The van der Waals surface area contributed by atoms with Crippen LogP contribution in [0.1, 0.15) is 22.5 Å². The molecule has 3 rings (SSSR count). The molecule has 2 N–H and O–H groups in total. The highest BCUT2D eigenvalue weighted by Crippen LogP contribution is 2.26. The number of aryl methyl sites for hydroxylation is 2. The van der Waals surface area contributed by atoms with E-state index in [1.165, 1.54) is 22.5 Å². The van der Waals surface area contributed by atoms with Gasteiger partial charge in [0.15, 0.2) is 0 Å². The molecule has 19 heavy (non-hydrogen) atoms. The molecule has 0 fully saturated rings. The number of hydrogen-bond donors (Lipinski definition) is 1.